The molecule has 0 unspecified atom stereocenters. The van der Waals surface area contributed by atoms with Gasteiger partial charge < -0.3 is 18.9 Å². The summed E-state index contributed by atoms with van der Waals surface area (Å²) < 4.78 is 24.0. The van der Waals surface area contributed by atoms with Gasteiger partial charge in [0.15, 0.2) is 16.3 Å². The largest absolute Gasteiger partial charge is 0.481 e. The molecule has 1 aromatic heterocycles. The van der Waals surface area contributed by atoms with Crippen LogP contribution in [0.15, 0.2) is 63.5 Å². The Balaban J connectivity index is 1.67. The van der Waals surface area contributed by atoms with E-state index in [0.29, 0.717) is 49.8 Å². The zero-order chi connectivity index (χ0) is 26.6. The van der Waals surface area contributed by atoms with Crippen molar-refractivity contribution < 1.29 is 23.7 Å². The molecule has 3 heterocycles. The molecular weight excluding hydrogens is 504 g/mol. The number of allylic oxidation sites excluding steroid dienone is 1. The Bertz CT molecular complexity index is 1630. The lowest BCUT2D eigenvalue weighted by Gasteiger charge is -2.25. The normalized spacial score (nSPS) is 16.0. The molecule has 1 atom stereocenters. The molecule has 8 nitrogen and oxygen atoms in total. The first-order valence-corrected chi connectivity index (χ1v) is 13.1. The van der Waals surface area contributed by atoms with Gasteiger partial charge in [-0.25, -0.2) is 9.79 Å². The van der Waals surface area contributed by atoms with E-state index in [1.54, 1.807) is 35.8 Å². The Labute approximate surface area is 223 Å². The fourth-order valence-electron chi connectivity index (χ4n) is 4.46. The van der Waals surface area contributed by atoms with Crippen LogP contribution in [0, 0.1) is 12.3 Å². The molecule has 9 heteroatoms. The average Bonchev–Trinajstić information content (AvgIpc) is 3.51. The van der Waals surface area contributed by atoms with Gasteiger partial charge in [0, 0.05) is 0 Å². The Morgan fingerprint density at radius 1 is 1.21 bits per heavy atom. The number of rotatable bonds is 8. The van der Waals surface area contributed by atoms with Crippen LogP contribution in [0.3, 0.4) is 0 Å². The van der Waals surface area contributed by atoms with E-state index < -0.39 is 12.0 Å². The minimum Gasteiger partial charge on any atom is -0.481 e. The number of hydrogen-bond acceptors (Lipinski definition) is 8. The van der Waals surface area contributed by atoms with Gasteiger partial charge in [-0.1, -0.05) is 48.8 Å². The molecular formula is C29H26N2O6S. The van der Waals surface area contributed by atoms with Gasteiger partial charge in [-0.2, -0.15) is 0 Å². The van der Waals surface area contributed by atoms with Crippen molar-refractivity contribution in [2.45, 2.75) is 32.7 Å². The minimum absolute atomic E-state index is 0.121. The molecule has 5 rings (SSSR count). The summed E-state index contributed by atoms with van der Waals surface area (Å²) in [5, 5.41) is 0. The number of carbonyl (C=O) groups is 1. The van der Waals surface area contributed by atoms with E-state index in [4.69, 9.17) is 30.4 Å². The summed E-state index contributed by atoms with van der Waals surface area (Å²) in [5.41, 5.74) is 2.27. The van der Waals surface area contributed by atoms with E-state index in [-0.39, 0.29) is 25.6 Å². The van der Waals surface area contributed by atoms with E-state index in [1.165, 1.54) is 11.3 Å². The number of benzene rings is 2. The van der Waals surface area contributed by atoms with Gasteiger partial charge >= 0.3 is 5.97 Å². The Hall–Kier alpha value is -4.29. The van der Waals surface area contributed by atoms with Crippen molar-refractivity contribution in [1.29, 1.82) is 0 Å². The molecule has 0 spiro atoms. The third kappa shape index (κ3) is 4.83. The summed E-state index contributed by atoms with van der Waals surface area (Å²) in [6, 6.07) is 12.0. The Morgan fingerprint density at radius 2 is 2.00 bits per heavy atom. The molecule has 194 valence electrons. The minimum atomic E-state index is -0.719. The van der Waals surface area contributed by atoms with Gasteiger partial charge in [-0.05, 0) is 54.8 Å². The summed E-state index contributed by atoms with van der Waals surface area (Å²) in [7, 11) is 0. The number of nitrogens with zero attached hydrogens (tertiary/aromatic N) is 2. The molecule has 0 bridgehead atoms. The van der Waals surface area contributed by atoms with Crippen LogP contribution in [-0.2, 0) is 9.53 Å². The maximum absolute atomic E-state index is 13.8. The fraction of sp³-hybridized carbons (Fsp3) is 0.276. The third-order valence-corrected chi connectivity index (χ3v) is 7.09. The standard InChI is InChI=1S/C29H26N2O6S/c1-4-7-21-25(28(33)34-6-3)26(19-10-13-22-23(16-19)37-17-36-22)31-27(32)24(38-29(31)30-21)15-18-8-11-20(12-9-18)35-14-5-2/h2,8-13,15-16,26H,4,6-7,14,17H2,1,3H3/b24-15-/t26-/m1/s1. The van der Waals surface area contributed by atoms with E-state index in [1.807, 2.05) is 31.2 Å². The zero-order valence-corrected chi connectivity index (χ0v) is 21.9. The topological polar surface area (TPSA) is 88.3 Å². The van der Waals surface area contributed by atoms with Crippen molar-refractivity contribution in [3.05, 3.63) is 84.5 Å². The zero-order valence-electron chi connectivity index (χ0n) is 21.1. The molecule has 0 fully saturated rings. The molecule has 2 aliphatic heterocycles. The van der Waals surface area contributed by atoms with Crippen molar-refractivity contribution in [2.24, 2.45) is 4.99 Å². The van der Waals surface area contributed by atoms with Gasteiger partial charge in [-0.15, -0.1) is 6.42 Å². The summed E-state index contributed by atoms with van der Waals surface area (Å²) in [6.07, 6.45) is 8.41. The summed E-state index contributed by atoms with van der Waals surface area (Å²) in [6.45, 7) is 4.29. The quantitative estimate of drug-likeness (QED) is 0.328. The molecule has 2 aliphatic rings. The monoisotopic (exact) mass is 530 g/mol. The lowest BCUT2D eigenvalue weighted by molar-refractivity contribution is -0.139. The molecule has 38 heavy (non-hydrogen) atoms. The third-order valence-electron chi connectivity index (χ3n) is 6.10. The van der Waals surface area contributed by atoms with Gasteiger partial charge in [-0.3, -0.25) is 9.36 Å². The molecule has 2 aromatic carbocycles. The average molecular weight is 531 g/mol. The van der Waals surface area contributed by atoms with Crippen molar-refractivity contribution >= 4 is 23.4 Å². The number of ether oxygens (including phenoxy) is 4. The number of thiazole rings is 1. The maximum atomic E-state index is 13.8. The molecule has 0 saturated heterocycles. The lowest BCUT2D eigenvalue weighted by atomic mass is 9.94. The molecule has 0 N–H and O–H groups in total. The number of terminal acetylenes is 1. The smallest absolute Gasteiger partial charge is 0.338 e. The number of fused-ring (bicyclic) bond motifs is 2. The number of aromatic nitrogens is 1. The highest BCUT2D eigenvalue weighted by molar-refractivity contribution is 7.07. The Kier molecular flexibility index (Phi) is 7.33. The summed E-state index contributed by atoms with van der Waals surface area (Å²) in [4.78, 5) is 32.4. The molecule has 0 amide bonds. The van der Waals surface area contributed by atoms with E-state index in [2.05, 4.69) is 5.92 Å². The first kappa shape index (κ1) is 25.4. The number of carbonyl (C=O) groups excluding carboxylic acids is 1. The molecule has 0 radical (unpaired) electrons. The van der Waals surface area contributed by atoms with Gasteiger partial charge in [0.05, 0.1) is 28.5 Å². The van der Waals surface area contributed by atoms with Crippen LogP contribution in [0.1, 0.15) is 43.9 Å². The highest BCUT2D eigenvalue weighted by Gasteiger charge is 2.35. The van der Waals surface area contributed by atoms with Crippen LogP contribution in [0.4, 0.5) is 0 Å². The van der Waals surface area contributed by atoms with Gasteiger partial charge in [0.1, 0.15) is 12.4 Å². The van der Waals surface area contributed by atoms with Crippen LogP contribution in [0.25, 0.3) is 6.08 Å². The van der Waals surface area contributed by atoms with Gasteiger partial charge in [0.25, 0.3) is 5.56 Å². The maximum Gasteiger partial charge on any atom is 0.338 e. The lowest BCUT2D eigenvalue weighted by Crippen LogP contribution is -2.40. The van der Waals surface area contributed by atoms with E-state index in [9.17, 15) is 9.59 Å². The predicted octanol–water partition coefficient (Wildman–Crippen LogP) is 3.32. The molecule has 0 saturated carbocycles. The predicted molar refractivity (Wildman–Crippen MR) is 143 cm³/mol. The number of esters is 1. The van der Waals surface area contributed by atoms with Crippen molar-refractivity contribution in [3.63, 3.8) is 0 Å². The Morgan fingerprint density at radius 3 is 2.74 bits per heavy atom. The SMILES string of the molecule is C#CCOc1ccc(/C=c2\sc3n(c2=O)[C@H](c2ccc4c(c2)OCO4)C(C(=O)OCC)=C(CCC)N=3)cc1. The van der Waals surface area contributed by atoms with Crippen molar-refractivity contribution in [1.82, 2.24) is 4.57 Å². The number of hydrogen-bond donors (Lipinski definition) is 0. The fourth-order valence-corrected chi connectivity index (χ4v) is 5.48. The van der Waals surface area contributed by atoms with E-state index >= 15 is 0 Å². The summed E-state index contributed by atoms with van der Waals surface area (Å²) in [5.74, 6) is 3.77. The molecule has 0 aliphatic carbocycles. The van der Waals surface area contributed by atoms with Crippen LogP contribution in [0.2, 0.25) is 0 Å². The second-order valence-electron chi connectivity index (χ2n) is 8.59. The van der Waals surface area contributed by atoms with Crippen LogP contribution in [0.5, 0.6) is 17.2 Å². The first-order chi connectivity index (χ1) is 18.5. The first-order valence-electron chi connectivity index (χ1n) is 12.3. The van der Waals surface area contributed by atoms with Crippen LogP contribution >= 0.6 is 11.3 Å². The summed E-state index contributed by atoms with van der Waals surface area (Å²) >= 11 is 1.28. The van der Waals surface area contributed by atoms with Crippen LogP contribution < -0.4 is 29.1 Å². The second-order valence-corrected chi connectivity index (χ2v) is 9.60. The molecule has 3 aromatic rings. The highest BCUT2D eigenvalue weighted by atomic mass is 32.1. The van der Waals surface area contributed by atoms with E-state index in [0.717, 1.165) is 12.0 Å². The van der Waals surface area contributed by atoms with Crippen LogP contribution in [-0.4, -0.2) is 30.5 Å². The second kappa shape index (κ2) is 11.0. The van der Waals surface area contributed by atoms with Crippen molar-refractivity contribution in [3.8, 4) is 29.6 Å². The van der Waals surface area contributed by atoms with Crippen molar-refractivity contribution in [2.75, 3.05) is 20.0 Å². The highest BCUT2D eigenvalue weighted by Crippen LogP contribution is 2.38. The van der Waals surface area contributed by atoms with Gasteiger partial charge in [0.2, 0.25) is 6.79 Å².